The molecule has 5 atom stereocenters. The molecule has 1 aliphatic heterocycles. The molecule has 8 nitrogen and oxygen atoms in total. The summed E-state index contributed by atoms with van der Waals surface area (Å²) in [7, 11) is 0. The maximum atomic E-state index is 10.8. The van der Waals surface area contributed by atoms with Crippen LogP contribution in [0.25, 0.3) is 0 Å². The molecule has 0 bridgehead atoms. The van der Waals surface area contributed by atoms with Gasteiger partial charge in [-0.1, -0.05) is 0 Å². The largest absolute Gasteiger partial charge is 0.463 e. The summed E-state index contributed by atoms with van der Waals surface area (Å²) in [6.45, 7) is 1.95. The van der Waals surface area contributed by atoms with E-state index in [0.717, 1.165) is 6.92 Å². The van der Waals surface area contributed by atoms with Crippen LogP contribution in [0.3, 0.4) is 0 Å². The van der Waals surface area contributed by atoms with Gasteiger partial charge in [0.25, 0.3) is 0 Å². The lowest BCUT2D eigenvalue weighted by atomic mass is 9.99. The first-order valence-electron chi connectivity index (χ1n) is 5.33. The van der Waals surface area contributed by atoms with E-state index in [-0.39, 0.29) is 6.61 Å². The summed E-state index contributed by atoms with van der Waals surface area (Å²) in [5.74, 6) is -1.31. The van der Waals surface area contributed by atoms with E-state index in [1.165, 1.54) is 6.92 Å². The maximum Gasteiger partial charge on any atom is 0.303 e. The standard InChI is InChI=1S/C10H16O8/c1-4(11)16-3-6-7(13)9(17-5(2)12)8(14)10(15)18-6/h6-10,13-15H,3H2,1-2H3/t6-,7+,8+,9+,10-/m1/s1. The zero-order valence-electron chi connectivity index (χ0n) is 9.98. The highest BCUT2D eigenvalue weighted by molar-refractivity contribution is 5.66. The number of aliphatic hydroxyl groups is 3. The average Bonchev–Trinajstić information content (AvgIpc) is 2.27. The third-order valence-corrected chi connectivity index (χ3v) is 2.41. The number of rotatable bonds is 3. The highest BCUT2D eigenvalue weighted by atomic mass is 16.7. The average molecular weight is 264 g/mol. The molecule has 18 heavy (non-hydrogen) atoms. The molecule has 104 valence electrons. The molecule has 0 radical (unpaired) electrons. The summed E-state index contributed by atoms with van der Waals surface area (Å²) in [5, 5.41) is 28.7. The van der Waals surface area contributed by atoms with E-state index < -0.39 is 42.6 Å². The van der Waals surface area contributed by atoms with Crippen LogP contribution in [-0.4, -0.2) is 64.6 Å². The van der Waals surface area contributed by atoms with Crippen molar-refractivity contribution in [3.63, 3.8) is 0 Å². The van der Waals surface area contributed by atoms with Gasteiger partial charge in [0, 0.05) is 13.8 Å². The third-order valence-electron chi connectivity index (χ3n) is 2.41. The molecule has 1 rings (SSSR count). The molecule has 0 spiro atoms. The number of carbonyl (C=O) groups excluding carboxylic acids is 2. The zero-order valence-corrected chi connectivity index (χ0v) is 9.98. The monoisotopic (exact) mass is 264 g/mol. The molecular weight excluding hydrogens is 248 g/mol. The molecule has 1 saturated heterocycles. The van der Waals surface area contributed by atoms with Crippen LogP contribution in [0.4, 0.5) is 0 Å². The molecule has 0 aliphatic carbocycles. The highest BCUT2D eigenvalue weighted by Crippen LogP contribution is 2.22. The fourth-order valence-corrected chi connectivity index (χ4v) is 1.58. The maximum absolute atomic E-state index is 10.8. The van der Waals surface area contributed by atoms with Gasteiger partial charge < -0.3 is 29.5 Å². The van der Waals surface area contributed by atoms with E-state index in [4.69, 9.17) is 9.47 Å². The first kappa shape index (κ1) is 14.8. The molecule has 8 heteroatoms. The van der Waals surface area contributed by atoms with E-state index in [9.17, 15) is 24.9 Å². The van der Waals surface area contributed by atoms with Gasteiger partial charge in [0.05, 0.1) is 0 Å². The van der Waals surface area contributed by atoms with Crippen molar-refractivity contribution in [1.82, 2.24) is 0 Å². The molecule has 0 aromatic heterocycles. The van der Waals surface area contributed by atoms with E-state index >= 15 is 0 Å². The first-order chi connectivity index (χ1) is 8.32. The summed E-state index contributed by atoms with van der Waals surface area (Å²) in [6.07, 6.45) is -7.05. The molecule has 0 amide bonds. The minimum atomic E-state index is -1.64. The van der Waals surface area contributed by atoms with Gasteiger partial charge in [-0.15, -0.1) is 0 Å². The molecule has 1 heterocycles. The van der Waals surface area contributed by atoms with Gasteiger partial charge in [-0.05, 0) is 0 Å². The number of hydrogen-bond donors (Lipinski definition) is 3. The van der Waals surface area contributed by atoms with Gasteiger partial charge >= 0.3 is 11.9 Å². The van der Waals surface area contributed by atoms with E-state index in [0.29, 0.717) is 0 Å². The SMILES string of the molecule is CC(=O)OC[C@H]1O[C@@H](O)[C@@H](O)[C@@H](OC(C)=O)[C@H]1O. The van der Waals surface area contributed by atoms with Gasteiger partial charge in [0.15, 0.2) is 12.4 Å². The predicted molar refractivity (Wildman–Crippen MR) is 55.1 cm³/mol. The molecule has 0 aromatic rings. The van der Waals surface area contributed by atoms with Crippen molar-refractivity contribution < 1.29 is 39.1 Å². The summed E-state index contributed by atoms with van der Waals surface area (Å²) >= 11 is 0. The number of aliphatic hydroxyl groups excluding tert-OH is 3. The van der Waals surface area contributed by atoms with Crippen molar-refractivity contribution in [2.75, 3.05) is 6.61 Å². The van der Waals surface area contributed by atoms with E-state index in [1.807, 2.05) is 0 Å². The van der Waals surface area contributed by atoms with Crippen LogP contribution >= 0.6 is 0 Å². The topological polar surface area (TPSA) is 123 Å². The van der Waals surface area contributed by atoms with Gasteiger partial charge in [0.2, 0.25) is 0 Å². The normalized spacial score (nSPS) is 35.9. The molecule has 1 aliphatic rings. The van der Waals surface area contributed by atoms with E-state index in [2.05, 4.69) is 4.74 Å². The van der Waals surface area contributed by atoms with Crippen molar-refractivity contribution in [2.24, 2.45) is 0 Å². The van der Waals surface area contributed by atoms with Crippen LogP contribution < -0.4 is 0 Å². The highest BCUT2D eigenvalue weighted by Gasteiger charge is 2.46. The van der Waals surface area contributed by atoms with Crippen LogP contribution in [-0.2, 0) is 23.8 Å². The molecule has 1 fully saturated rings. The molecule has 0 aromatic carbocycles. The Labute approximate surface area is 103 Å². The molecular formula is C10H16O8. The zero-order chi connectivity index (χ0) is 13.9. The fraction of sp³-hybridized carbons (Fsp3) is 0.800. The van der Waals surface area contributed by atoms with Crippen LogP contribution in [0, 0.1) is 0 Å². The quantitative estimate of drug-likeness (QED) is 0.496. The lowest BCUT2D eigenvalue weighted by Crippen LogP contribution is -2.60. The van der Waals surface area contributed by atoms with E-state index in [1.54, 1.807) is 0 Å². The summed E-state index contributed by atoms with van der Waals surface area (Å²) in [5.41, 5.74) is 0. The van der Waals surface area contributed by atoms with Crippen LogP contribution in [0.15, 0.2) is 0 Å². The van der Waals surface area contributed by atoms with Crippen molar-refractivity contribution in [1.29, 1.82) is 0 Å². The van der Waals surface area contributed by atoms with Crippen molar-refractivity contribution in [3.8, 4) is 0 Å². The minimum Gasteiger partial charge on any atom is -0.463 e. The Hall–Kier alpha value is -1.22. The second-order valence-electron chi connectivity index (χ2n) is 3.92. The van der Waals surface area contributed by atoms with Crippen LogP contribution in [0.2, 0.25) is 0 Å². The first-order valence-corrected chi connectivity index (χ1v) is 5.33. The van der Waals surface area contributed by atoms with Gasteiger partial charge in [-0.3, -0.25) is 9.59 Å². The Bertz CT molecular complexity index is 317. The smallest absolute Gasteiger partial charge is 0.303 e. The Kier molecular flexibility index (Phi) is 5.03. The van der Waals surface area contributed by atoms with Gasteiger partial charge in [-0.25, -0.2) is 0 Å². The Morgan fingerprint density at radius 1 is 1.11 bits per heavy atom. The lowest BCUT2D eigenvalue weighted by Gasteiger charge is -2.39. The van der Waals surface area contributed by atoms with Crippen LogP contribution in [0.5, 0.6) is 0 Å². The van der Waals surface area contributed by atoms with Crippen molar-refractivity contribution >= 4 is 11.9 Å². The van der Waals surface area contributed by atoms with Crippen molar-refractivity contribution in [2.45, 2.75) is 44.6 Å². The number of ether oxygens (including phenoxy) is 3. The predicted octanol–water partition coefficient (Wildman–Crippen LogP) is -2.08. The second-order valence-corrected chi connectivity index (χ2v) is 3.92. The summed E-state index contributed by atoms with van der Waals surface area (Å²) in [6, 6.07) is 0. The Morgan fingerprint density at radius 2 is 1.72 bits per heavy atom. The van der Waals surface area contributed by atoms with Crippen LogP contribution in [0.1, 0.15) is 13.8 Å². The Morgan fingerprint density at radius 3 is 2.22 bits per heavy atom. The van der Waals surface area contributed by atoms with Gasteiger partial charge in [-0.2, -0.15) is 0 Å². The summed E-state index contributed by atoms with van der Waals surface area (Å²) < 4.78 is 14.2. The van der Waals surface area contributed by atoms with Crippen molar-refractivity contribution in [3.05, 3.63) is 0 Å². The molecule has 0 saturated carbocycles. The molecule has 3 N–H and O–H groups in total. The molecule has 0 unspecified atom stereocenters. The lowest BCUT2D eigenvalue weighted by molar-refractivity contribution is -0.290. The minimum absolute atomic E-state index is 0.321. The fourth-order valence-electron chi connectivity index (χ4n) is 1.58. The number of hydrogen-bond acceptors (Lipinski definition) is 8. The third kappa shape index (κ3) is 3.64. The summed E-state index contributed by atoms with van der Waals surface area (Å²) in [4.78, 5) is 21.5. The van der Waals surface area contributed by atoms with Gasteiger partial charge in [0.1, 0.15) is 24.9 Å². The number of esters is 2. The number of carbonyl (C=O) groups is 2. The second kappa shape index (κ2) is 6.10. The Balaban J connectivity index is 2.70.